The second-order valence-electron chi connectivity index (χ2n) is 8.44. The van der Waals surface area contributed by atoms with Crippen LogP contribution < -0.4 is 4.74 Å². The molecular formula is C25H29NO4S. The molecule has 6 heteroatoms. The minimum Gasteiger partial charge on any atom is -0.507 e. The predicted octanol–water partition coefficient (Wildman–Crippen LogP) is 5.52. The number of nitrogens with zero attached hydrogens (tertiary/aromatic N) is 1. The summed E-state index contributed by atoms with van der Waals surface area (Å²) in [5, 5.41) is 13.2. The molecule has 2 aromatic rings. The van der Waals surface area contributed by atoms with E-state index in [1.165, 1.54) is 11.3 Å². The number of aliphatic hydroxyl groups excluding tert-OH is 1. The molecular weight excluding hydrogens is 410 g/mol. The number of Topliss-reactive ketones (excluding diaryl/α,β-unsaturated/α-hetero) is 1. The van der Waals surface area contributed by atoms with Crippen molar-refractivity contribution in [2.45, 2.75) is 65.0 Å². The first-order valence-corrected chi connectivity index (χ1v) is 11.9. The molecule has 31 heavy (non-hydrogen) atoms. The second kappa shape index (κ2) is 8.87. The van der Waals surface area contributed by atoms with Gasteiger partial charge < -0.3 is 14.7 Å². The Morgan fingerprint density at radius 1 is 1.16 bits per heavy atom. The van der Waals surface area contributed by atoms with Gasteiger partial charge in [-0.3, -0.25) is 9.59 Å². The molecule has 1 aromatic carbocycles. The average molecular weight is 440 g/mol. The van der Waals surface area contributed by atoms with Crippen LogP contribution >= 0.6 is 11.3 Å². The van der Waals surface area contributed by atoms with Crippen molar-refractivity contribution in [3.05, 3.63) is 56.8 Å². The largest absolute Gasteiger partial charge is 0.507 e. The number of ketones is 1. The molecule has 1 atom stereocenters. The van der Waals surface area contributed by atoms with Gasteiger partial charge in [0.1, 0.15) is 17.6 Å². The van der Waals surface area contributed by atoms with Gasteiger partial charge in [0.2, 0.25) is 0 Å². The molecule has 0 spiro atoms. The van der Waals surface area contributed by atoms with Crippen LogP contribution in [0.15, 0.2) is 35.2 Å². The first-order chi connectivity index (χ1) is 14.9. The van der Waals surface area contributed by atoms with Gasteiger partial charge in [0.05, 0.1) is 12.2 Å². The Balaban J connectivity index is 1.81. The van der Waals surface area contributed by atoms with Crippen molar-refractivity contribution in [1.82, 2.24) is 4.90 Å². The van der Waals surface area contributed by atoms with Crippen LogP contribution in [0.5, 0.6) is 5.75 Å². The minimum atomic E-state index is -0.592. The van der Waals surface area contributed by atoms with Crippen molar-refractivity contribution in [2.24, 2.45) is 0 Å². The van der Waals surface area contributed by atoms with Crippen molar-refractivity contribution in [3.63, 3.8) is 0 Å². The van der Waals surface area contributed by atoms with Crippen molar-refractivity contribution in [1.29, 1.82) is 0 Å². The van der Waals surface area contributed by atoms with Gasteiger partial charge in [-0.1, -0.05) is 19.8 Å². The van der Waals surface area contributed by atoms with Gasteiger partial charge in [-0.2, -0.15) is 0 Å². The maximum absolute atomic E-state index is 13.2. The predicted molar refractivity (Wildman–Crippen MR) is 122 cm³/mol. The maximum Gasteiger partial charge on any atom is 0.295 e. The Bertz CT molecular complexity index is 1030. The van der Waals surface area contributed by atoms with E-state index in [-0.39, 0.29) is 17.4 Å². The summed E-state index contributed by atoms with van der Waals surface area (Å²) in [6.45, 7) is 6.58. The normalized spacial score (nSPS) is 21.3. The molecule has 4 rings (SSSR count). The van der Waals surface area contributed by atoms with Crippen molar-refractivity contribution in [2.75, 3.05) is 6.61 Å². The number of aliphatic hydroxyl groups is 1. The van der Waals surface area contributed by atoms with Crippen LogP contribution in [0.3, 0.4) is 0 Å². The lowest BCUT2D eigenvalue weighted by molar-refractivity contribution is -0.141. The number of hydrogen-bond donors (Lipinski definition) is 1. The maximum atomic E-state index is 13.2. The summed E-state index contributed by atoms with van der Waals surface area (Å²) in [5.74, 6) is -0.436. The molecule has 2 fully saturated rings. The molecule has 1 unspecified atom stereocenters. The number of carbonyl (C=O) groups excluding carboxylic acids is 2. The molecule has 1 N–H and O–H groups in total. The molecule has 0 bridgehead atoms. The van der Waals surface area contributed by atoms with Gasteiger partial charge in [0.15, 0.2) is 0 Å². The van der Waals surface area contributed by atoms with Crippen LogP contribution in [0.2, 0.25) is 0 Å². The average Bonchev–Trinajstić information content (AvgIpc) is 3.47. The molecule has 164 valence electrons. The Morgan fingerprint density at radius 3 is 2.52 bits per heavy atom. The van der Waals surface area contributed by atoms with Crippen LogP contribution in [0.25, 0.3) is 5.76 Å². The molecule has 1 aromatic heterocycles. The Hall–Kier alpha value is -2.60. The van der Waals surface area contributed by atoms with E-state index in [0.29, 0.717) is 12.2 Å². The topological polar surface area (TPSA) is 66.8 Å². The van der Waals surface area contributed by atoms with Crippen molar-refractivity contribution < 1.29 is 19.4 Å². The van der Waals surface area contributed by atoms with Crippen molar-refractivity contribution in [3.8, 4) is 5.75 Å². The van der Waals surface area contributed by atoms with Gasteiger partial charge in [-0.25, -0.2) is 0 Å². The zero-order valence-electron chi connectivity index (χ0n) is 18.3. The number of rotatable bonds is 6. The summed E-state index contributed by atoms with van der Waals surface area (Å²) in [6.07, 6.45) is 4.82. The number of hydrogen-bond acceptors (Lipinski definition) is 5. The van der Waals surface area contributed by atoms with Crippen LogP contribution in [-0.2, 0) is 9.59 Å². The Kier molecular flexibility index (Phi) is 6.19. The highest BCUT2D eigenvalue weighted by atomic mass is 32.1. The van der Waals surface area contributed by atoms with E-state index < -0.39 is 17.7 Å². The lowest BCUT2D eigenvalue weighted by Crippen LogP contribution is -2.37. The van der Waals surface area contributed by atoms with Gasteiger partial charge in [-0.15, -0.1) is 11.3 Å². The lowest BCUT2D eigenvalue weighted by atomic mass is 9.97. The second-order valence-corrected chi connectivity index (χ2v) is 9.39. The van der Waals surface area contributed by atoms with E-state index >= 15 is 0 Å². The lowest BCUT2D eigenvalue weighted by Gasteiger charge is -2.30. The Labute approximate surface area is 187 Å². The summed E-state index contributed by atoms with van der Waals surface area (Å²) in [6, 6.07) is 6.91. The van der Waals surface area contributed by atoms with E-state index in [9.17, 15) is 14.7 Å². The zero-order valence-corrected chi connectivity index (χ0v) is 19.1. The zero-order chi connectivity index (χ0) is 22.1. The van der Waals surface area contributed by atoms with Crippen LogP contribution in [0, 0.1) is 13.8 Å². The molecule has 1 saturated heterocycles. The molecule has 1 aliphatic heterocycles. The number of carbonyl (C=O) groups is 2. The molecule has 1 aliphatic carbocycles. The summed E-state index contributed by atoms with van der Waals surface area (Å²) in [5.41, 5.74) is 2.64. The third-order valence-electron chi connectivity index (χ3n) is 6.26. The van der Waals surface area contributed by atoms with Crippen LogP contribution in [0.1, 0.15) is 66.6 Å². The molecule has 1 amide bonds. The number of aryl methyl sites for hydroxylation is 2. The highest BCUT2D eigenvalue weighted by Crippen LogP contribution is 2.46. The van der Waals surface area contributed by atoms with Gasteiger partial charge in [0.25, 0.3) is 11.7 Å². The fourth-order valence-electron chi connectivity index (χ4n) is 4.66. The number of likely N-dealkylation sites (tertiary alicyclic amines) is 1. The van der Waals surface area contributed by atoms with E-state index in [1.807, 2.05) is 44.4 Å². The van der Waals surface area contributed by atoms with Crippen LogP contribution in [-0.4, -0.2) is 34.3 Å². The third kappa shape index (κ3) is 3.89. The first kappa shape index (κ1) is 21.6. The number of benzene rings is 1. The molecule has 1 saturated carbocycles. The highest BCUT2D eigenvalue weighted by molar-refractivity contribution is 7.10. The monoisotopic (exact) mass is 439 g/mol. The van der Waals surface area contributed by atoms with Gasteiger partial charge in [-0.05, 0) is 73.9 Å². The van der Waals surface area contributed by atoms with Gasteiger partial charge in [0, 0.05) is 16.5 Å². The highest BCUT2D eigenvalue weighted by Gasteiger charge is 2.50. The van der Waals surface area contributed by atoms with Crippen LogP contribution in [0.4, 0.5) is 0 Å². The number of ether oxygens (including phenoxy) is 1. The van der Waals surface area contributed by atoms with E-state index in [1.54, 1.807) is 11.0 Å². The molecule has 0 radical (unpaired) electrons. The number of amides is 1. The third-order valence-corrected chi connectivity index (χ3v) is 7.33. The smallest absolute Gasteiger partial charge is 0.295 e. The summed E-state index contributed by atoms with van der Waals surface area (Å²) < 4.78 is 5.74. The quantitative estimate of drug-likeness (QED) is 0.366. The fraction of sp³-hybridized carbons (Fsp3) is 0.440. The Morgan fingerprint density at radius 2 is 1.90 bits per heavy atom. The standard InChI is InChI=1S/C25H29NO4S/c1-4-12-30-19-10-9-17(14-16(19)3)22(27)20-21(24-15(2)11-13-31-24)26(25(29)23(20)28)18-7-5-6-8-18/h9-11,13-14,18,21,27H,4-8,12H2,1-3H3/b22-20-. The summed E-state index contributed by atoms with van der Waals surface area (Å²) in [7, 11) is 0. The first-order valence-electron chi connectivity index (χ1n) is 11.0. The molecule has 5 nitrogen and oxygen atoms in total. The van der Waals surface area contributed by atoms with E-state index in [4.69, 9.17) is 4.74 Å². The van der Waals surface area contributed by atoms with Gasteiger partial charge >= 0.3 is 0 Å². The molecule has 2 aliphatic rings. The summed E-state index contributed by atoms with van der Waals surface area (Å²) >= 11 is 1.53. The minimum absolute atomic E-state index is 0.0415. The van der Waals surface area contributed by atoms with Crippen molar-refractivity contribution >= 4 is 28.8 Å². The summed E-state index contributed by atoms with van der Waals surface area (Å²) in [4.78, 5) is 29.0. The SMILES string of the molecule is CCCOc1ccc(/C(O)=C2/C(=O)C(=O)N(C3CCCC3)C2c2sccc2C)cc1C. The van der Waals surface area contributed by atoms with E-state index in [0.717, 1.165) is 53.9 Å². The van der Waals surface area contributed by atoms with E-state index in [2.05, 4.69) is 0 Å². The molecule has 2 heterocycles. The fourth-order valence-corrected chi connectivity index (χ4v) is 5.69. The number of thiophene rings is 1.